The van der Waals surface area contributed by atoms with Crippen molar-refractivity contribution in [2.75, 3.05) is 5.32 Å². The molecule has 1 aromatic heterocycles. The summed E-state index contributed by atoms with van der Waals surface area (Å²) in [7, 11) is 0. The van der Waals surface area contributed by atoms with E-state index in [1.807, 2.05) is 31.2 Å². The monoisotopic (exact) mass is 418 g/mol. The van der Waals surface area contributed by atoms with Gasteiger partial charge in [0.05, 0.1) is 10.7 Å². The number of carbonyl (C=O) groups is 1. The fourth-order valence-corrected chi connectivity index (χ4v) is 3.43. The van der Waals surface area contributed by atoms with E-state index in [2.05, 4.69) is 36.3 Å². The molecule has 1 amide bonds. The van der Waals surface area contributed by atoms with Crippen molar-refractivity contribution in [1.29, 1.82) is 0 Å². The minimum Gasteiger partial charge on any atom is -0.436 e. The van der Waals surface area contributed by atoms with Crippen LogP contribution < -0.4 is 5.32 Å². The van der Waals surface area contributed by atoms with Gasteiger partial charge in [-0.15, -0.1) is 0 Å². The number of nitrogens with one attached hydrogen (secondary N) is 1. The summed E-state index contributed by atoms with van der Waals surface area (Å²) in [5.74, 6) is 0.743. The summed E-state index contributed by atoms with van der Waals surface area (Å²) in [6.45, 7) is 6.35. The molecule has 0 fully saturated rings. The zero-order valence-corrected chi connectivity index (χ0v) is 18.0. The molecule has 0 saturated carbocycles. The quantitative estimate of drug-likeness (QED) is 0.372. The fraction of sp³-hybridized carbons (Fsp3) is 0.200. The Morgan fingerprint density at radius 2 is 1.87 bits per heavy atom. The molecule has 0 aliphatic heterocycles. The average Bonchev–Trinajstić information content (AvgIpc) is 3.18. The molecular weight excluding hydrogens is 396 g/mol. The Balaban J connectivity index is 1.64. The van der Waals surface area contributed by atoms with Gasteiger partial charge in [-0.3, -0.25) is 4.79 Å². The number of hydrogen-bond acceptors (Lipinski definition) is 3. The third-order valence-electron chi connectivity index (χ3n) is 5.37. The zero-order valence-electron chi connectivity index (χ0n) is 17.2. The van der Waals surface area contributed by atoms with Crippen LogP contribution in [0.2, 0.25) is 5.02 Å². The number of anilines is 1. The molecule has 1 N–H and O–H groups in total. The summed E-state index contributed by atoms with van der Waals surface area (Å²) >= 11 is 6.32. The molecule has 0 aliphatic carbocycles. The Labute approximate surface area is 180 Å². The van der Waals surface area contributed by atoms with E-state index < -0.39 is 0 Å². The summed E-state index contributed by atoms with van der Waals surface area (Å²) in [6, 6.07) is 18.9. The molecule has 1 atom stereocenters. The van der Waals surface area contributed by atoms with Gasteiger partial charge in [-0.1, -0.05) is 49.2 Å². The lowest BCUT2D eigenvalue weighted by Gasteiger charge is -2.09. The lowest BCUT2D eigenvalue weighted by atomic mass is 9.98. The number of oxazole rings is 1. The maximum absolute atomic E-state index is 12.6. The lowest BCUT2D eigenvalue weighted by Crippen LogP contribution is -2.12. The van der Waals surface area contributed by atoms with Crippen LogP contribution in [0.4, 0.5) is 5.69 Å². The molecule has 0 saturated heterocycles. The van der Waals surface area contributed by atoms with Crippen molar-refractivity contribution in [3.05, 3.63) is 82.4 Å². The van der Waals surface area contributed by atoms with E-state index in [4.69, 9.17) is 16.0 Å². The van der Waals surface area contributed by atoms with Gasteiger partial charge in [0.25, 0.3) is 5.91 Å². The van der Waals surface area contributed by atoms with Crippen LogP contribution in [0.3, 0.4) is 0 Å². The van der Waals surface area contributed by atoms with Crippen LogP contribution in [0.5, 0.6) is 0 Å². The number of benzene rings is 3. The van der Waals surface area contributed by atoms with Gasteiger partial charge in [0.15, 0.2) is 5.58 Å². The van der Waals surface area contributed by atoms with Crippen molar-refractivity contribution in [3.63, 3.8) is 0 Å². The molecule has 152 valence electrons. The molecule has 5 heteroatoms. The smallest absolute Gasteiger partial charge is 0.255 e. The highest BCUT2D eigenvalue weighted by Gasteiger charge is 2.14. The van der Waals surface area contributed by atoms with E-state index >= 15 is 0 Å². The van der Waals surface area contributed by atoms with Crippen LogP contribution in [0, 0.1) is 6.92 Å². The van der Waals surface area contributed by atoms with Crippen molar-refractivity contribution >= 4 is 34.3 Å². The maximum Gasteiger partial charge on any atom is 0.255 e. The second kappa shape index (κ2) is 8.33. The molecule has 0 unspecified atom stereocenters. The topological polar surface area (TPSA) is 55.1 Å². The number of amides is 1. The second-order valence-electron chi connectivity index (χ2n) is 7.57. The first-order valence-electron chi connectivity index (χ1n) is 10.0. The highest BCUT2D eigenvalue weighted by molar-refractivity contribution is 6.34. The minimum atomic E-state index is -0.218. The molecule has 0 spiro atoms. The highest BCUT2D eigenvalue weighted by Crippen LogP contribution is 2.32. The Morgan fingerprint density at radius 1 is 1.10 bits per heavy atom. The molecular formula is C25H23ClN2O2. The number of aromatic nitrogens is 1. The van der Waals surface area contributed by atoms with Gasteiger partial charge in [0, 0.05) is 11.1 Å². The number of rotatable bonds is 5. The summed E-state index contributed by atoms with van der Waals surface area (Å²) in [6.07, 6.45) is 1.07. The normalized spacial score (nSPS) is 12.1. The van der Waals surface area contributed by atoms with Crippen molar-refractivity contribution in [2.24, 2.45) is 0 Å². The van der Waals surface area contributed by atoms with Crippen molar-refractivity contribution < 1.29 is 9.21 Å². The van der Waals surface area contributed by atoms with Gasteiger partial charge in [0.2, 0.25) is 5.89 Å². The Morgan fingerprint density at radius 3 is 2.60 bits per heavy atom. The first kappa shape index (κ1) is 20.2. The zero-order chi connectivity index (χ0) is 21.3. The van der Waals surface area contributed by atoms with Crippen molar-refractivity contribution in [1.82, 2.24) is 4.98 Å². The Bertz CT molecular complexity index is 1210. The molecule has 4 nitrogen and oxygen atoms in total. The van der Waals surface area contributed by atoms with Gasteiger partial charge < -0.3 is 9.73 Å². The lowest BCUT2D eigenvalue weighted by molar-refractivity contribution is 0.102. The van der Waals surface area contributed by atoms with Gasteiger partial charge in [-0.25, -0.2) is 4.98 Å². The van der Waals surface area contributed by atoms with Crippen LogP contribution in [0.25, 0.3) is 22.6 Å². The largest absolute Gasteiger partial charge is 0.436 e. The highest BCUT2D eigenvalue weighted by atomic mass is 35.5. The van der Waals surface area contributed by atoms with Crippen LogP contribution in [-0.4, -0.2) is 10.9 Å². The van der Waals surface area contributed by atoms with Crippen molar-refractivity contribution in [2.45, 2.75) is 33.1 Å². The van der Waals surface area contributed by atoms with Crippen LogP contribution in [0.15, 0.2) is 65.1 Å². The third kappa shape index (κ3) is 4.10. The standard InChI is InChI=1S/C25H23ClN2O2/c1-4-16(3)18-10-12-23-22(13-18)28-25(30-23)19-9-11-20(26)21(14-19)27-24(29)17-7-5-15(2)6-8-17/h5-14,16H,4H2,1-3H3,(H,27,29)/t16-/m0/s1. The molecule has 4 aromatic rings. The molecule has 0 aliphatic rings. The van der Waals surface area contributed by atoms with E-state index in [1.165, 1.54) is 5.56 Å². The minimum absolute atomic E-state index is 0.218. The van der Waals surface area contributed by atoms with E-state index in [9.17, 15) is 4.79 Å². The van der Waals surface area contributed by atoms with Crippen molar-refractivity contribution in [3.8, 4) is 11.5 Å². The number of fused-ring (bicyclic) bond motifs is 1. The van der Waals surface area contributed by atoms with Crippen LogP contribution >= 0.6 is 11.6 Å². The van der Waals surface area contributed by atoms with Gasteiger partial charge in [-0.2, -0.15) is 0 Å². The summed E-state index contributed by atoms with van der Waals surface area (Å²) in [5, 5.41) is 3.33. The Hall–Kier alpha value is -3.11. The van der Waals surface area contributed by atoms with Crippen LogP contribution in [-0.2, 0) is 0 Å². The molecule has 3 aromatic carbocycles. The first-order valence-corrected chi connectivity index (χ1v) is 10.4. The van der Waals surface area contributed by atoms with Gasteiger partial charge in [0.1, 0.15) is 5.52 Å². The summed E-state index contributed by atoms with van der Waals surface area (Å²) in [4.78, 5) is 17.2. The fourth-order valence-electron chi connectivity index (χ4n) is 3.26. The number of carbonyl (C=O) groups excluding carboxylic acids is 1. The van der Waals surface area contributed by atoms with E-state index in [1.54, 1.807) is 24.3 Å². The third-order valence-corrected chi connectivity index (χ3v) is 5.70. The Kier molecular flexibility index (Phi) is 5.60. The van der Waals surface area contributed by atoms with E-state index in [-0.39, 0.29) is 5.91 Å². The SMILES string of the molecule is CC[C@H](C)c1ccc2oc(-c3ccc(Cl)c(NC(=O)c4ccc(C)cc4)c3)nc2c1. The number of hydrogen-bond donors (Lipinski definition) is 1. The average molecular weight is 419 g/mol. The first-order chi connectivity index (χ1) is 14.4. The summed E-state index contributed by atoms with van der Waals surface area (Å²) in [5.41, 5.74) is 5.73. The molecule has 4 rings (SSSR count). The number of aryl methyl sites for hydroxylation is 1. The molecule has 30 heavy (non-hydrogen) atoms. The van der Waals surface area contributed by atoms with E-state index in [0.29, 0.717) is 28.1 Å². The predicted molar refractivity (Wildman–Crippen MR) is 122 cm³/mol. The molecule has 0 radical (unpaired) electrons. The van der Waals surface area contributed by atoms with Crippen LogP contribution in [0.1, 0.15) is 47.7 Å². The molecule has 1 heterocycles. The number of nitrogens with zero attached hydrogens (tertiary/aromatic N) is 1. The maximum atomic E-state index is 12.6. The molecule has 0 bridgehead atoms. The van der Waals surface area contributed by atoms with Gasteiger partial charge in [-0.05, 0) is 67.3 Å². The number of halogens is 1. The van der Waals surface area contributed by atoms with E-state index in [0.717, 1.165) is 28.6 Å². The summed E-state index contributed by atoms with van der Waals surface area (Å²) < 4.78 is 5.95. The van der Waals surface area contributed by atoms with Gasteiger partial charge >= 0.3 is 0 Å². The second-order valence-corrected chi connectivity index (χ2v) is 7.98. The predicted octanol–water partition coefficient (Wildman–Crippen LogP) is 7.22.